The zero-order valence-electron chi connectivity index (χ0n) is 19.0. The molecule has 0 bridgehead atoms. The fourth-order valence-electron chi connectivity index (χ4n) is 3.35. The van der Waals surface area contributed by atoms with E-state index in [1.54, 1.807) is 54.6 Å². The molecule has 0 aliphatic carbocycles. The minimum Gasteiger partial charge on any atom is -0.493 e. The van der Waals surface area contributed by atoms with E-state index in [0.717, 1.165) is 22.2 Å². The number of ether oxygens (including phenoxy) is 3. The van der Waals surface area contributed by atoms with Gasteiger partial charge in [0.05, 0.1) is 28.1 Å². The Hall–Kier alpha value is -2.65. The molecule has 6 nitrogen and oxygen atoms in total. The Morgan fingerprint density at radius 2 is 1.75 bits per heavy atom. The maximum Gasteiger partial charge on any atom is 0.293 e. The van der Waals surface area contributed by atoms with Gasteiger partial charge in [-0.2, -0.15) is 0 Å². The number of nitrogens with zero attached hydrogens (tertiary/aromatic N) is 1. The summed E-state index contributed by atoms with van der Waals surface area (Å²) in [7, 11) is 1.54. The quantitative estimate of drug-likeness (QED) is 0.235. The van der Waals surface area contributed by atoms with Crippen molar-refractivity contribution in [2.45, 2.75) is 6.61 Å². The van der Waals surface area contributed by atoms with Gasteiger partial charge in [-0.3, -0.25) is 14.5 Å². The number of hydrogen-bond donors (Lipinski definition) is 0. The molecule has 0 atom stereocenters. The highest BCUT2D eigenvalue weighted by atomic mass is 79.9. The van der Waals surface area contributed by atoms with Gasteiger partial charge in [0.15, 0.2) is 11.5 Å². The fraction of sp³-hybridized carbons (Fsp3) is 0.154. The maximum atomic E-state index is 12.9. The van der Waals surface area contributed by atoms with Crippen molar-refractivity contribution in [3.05, 3.63) is 91.2 Å². The molecule has 1 fully saturated rings. The molecule has 1 heterocycles. The summed E-state index contributed by atoms with van der Waals surface area (Å²) >= 11 is 16.4. The van der Waals surface area contributed by atoms with Crippen LogP contribution in [0, 0.1) is 0 Å². The molecule has 3 aromatic carbocycles. The first-order chi connectivity index (χ1) is 17.4. The van der Waals surface area contributed by atoms with Gasteiger partial charge in [-0.1, -0.05) is 47.5 Å². The van der Waals surface area contributed by atoms with Gasteiger partial charge < -0.3 is 14.2 Å². The van der Waals surface area contributed by atoms with E-state index in [9.17, 15) is 9.59 Å². The average molecular weight is 609 g/mol. The highest BCUT2D eigenvalue weighted by molar-refractivity contribution is 9.10. The molecule has 1 aliphatic rings. The number of imide groups is 1. The van der Waals surface area contributed by atoms with Gasteiger partial charge in [0.25, 0.3) is 11.1 Å². The number of thioether (sulfide) groups is 1. The predicted molar refractivity (Wildman–Crippen MR) is 146 cm³/mol. The number of hydrogen-bond acceptors (Lipinski definition) is 6. The van der Waals surface area contributed by atoms with Crippen molar-refractivity contribution in [1.82, 2.24) is 4.90 Å². The third-order valence-electron chi connectivity index (χ3n) is 5.13. The van der Waals surface area contributed by atoms with Crippen LogP contribution in [-0.4, -0.2) is 36.3 Å². The summed E-state index contributed by atoms with van der Waals surface area (Å²) in [4.78, 5) is 26.8. The molecule has 4 rings (SSSR count). The molecule has 1 aliphatic heterocycles. The van der Waals surface area contributed by atoms with Crippen LogP contribution in [0.2, 0.25) is 10.0 Å². The summed E-state index contributed by atoms with van der Waals surface area (Å²) in [6, 6.07) is 17.9. The Morgan fingerprint density at radius 1 is 1.00 bits per heavy atom. The first-order valence-corrected chi connectivity index (χ1v) is 13.1. The summed E-state index contributed by atoms with van der Waals surface area (Å²) in [5.41, 5.74) is 1.63. The standard InChI is InChI=1S/C26H20BrCl2NO5S/c1-33-22-13-17(12-19(27)24(22)35-15-16-6-8-18(28)9-7-16)14-23-25(31)30(26(32)36-23)10-11-34-21-5-3-2-4-20(21)29/h2-9,12-14H,10-11,15H2,1H3/b23-14-. The second-order valence-corrected chi connectivity index (χ2v) is 10.3. The highest BCUT2D eigenvalue weighted by Crippen LogP contribution is 2.39. The number of halogens is 3. The first-order valence-electron chi connectivity index (χ1n) is 10.7. The van der Waals surface area contributed by atoms with Gasteiger partial charge in [-0.05, 0) is 81.3 Å². The van der Waals surface area contributed by atoms with Gasteiger partial charge >= 0.3 is 0 Å². The lowest BCUT2D eigenvalue weighted by Gasteiger charge is -2.14. The number of carbonyl (C=O) groups is 2. The van der Waals surface area contributed by atoms with E-state index < -0.39 is 0 Å². The zero-order chi connectivity index (χ0) is 25.7. The fourth-order valence-corrected chi connectivity index (χ4v) is 5.11. The van der Waals surface area contributed by atoms with Crippen LogP contribution in [0.15, 0.2) is 70.0 Å². The van der Waals surface area contributed by atoms with Crippen molar-refractivity contribution < 1.29 is 23.8 Å². The number of carbonyl (C=O) groups excluding carboxylic acids is 2. The van der Waals surface area contributed by atoms with Crippen LogP contribution in [0.1, 0.15) is 11.1 Å². The highest BCUT2D eigenvalue weighted by Gasteiger charge is 2.35. The van der Waals surface area contributed by atoms with Crippen molar-refractivity contribution in [2.24, 2.45) is 0 Å². The lowest BCUT2D eigenvalue weighted by atomic mass is 10.1. The number of methoxy groups -OCH3 is 1. The third kappa shape index (κ3) is 6.37. The largest absolute Gasteiger partial charge is 0.493 e. The molecule has 0 radical (unpaired) electrons. The van der Waals surface area contributed by atoms with Crippen molar-refractivity contribution in [1.29, 1.82) is 0 Å². The molecule has 0 N–H and O–H groups in total. The van der Waals surface area contributed by atoms with E-state index in [4.69, 9.17) is 37.4 Å². The molecule has 186 valence electrons. The molecule has 0 aromatic heterocycles. The summed E-state index contributed by atoms with van der Waals surface area (Å²) in [6.45, 7) is 0.562. The first kappa shape index (κ1) is 26.4. The molecule has 10 heteroatoms. The van der Waals surface area contributed by atoms with E-state index in [1.807, 2.05) is 12.1 Å². The lowest BCUT2D eigenvalue weighted by Crippen LogP contribution is -2.32. The zero-order valence-corrected chi connectivity index (χ0v) is 22.9. The smallest absolute Gasteiger partial charge is 0.293 e. The Kier molecular flexibility index (Phi) is 8.85. The molecule has 3 aromatic rings. The van der Waals surface area contributed by atoms with Crippen LogP contribution < -0.4 is 14.2 Å². The molecule has 36 heavy (non-hydrogen) atoms. The average Bonchev–Trinajstić information content (AvgIpc) is 3.12. The molecule has 2 amide bonds. The number of rotatable bonds is 9. The number of para-hydroxylation sites is 1. The van der Waals surface area contributed by atoms with Crippen molar-refractivity contribution in [3.8, 4) is 17.2 Å². The Balaban J connectivity index is 1.44. The number of amides is 2. The van der Waals surface area contributed by atoms with Crippen LogP contribution >= 0.6 is 50.9 Å². The molecule has 0 spiro atoms. The third-order valence-corrected chi connectivity index (χ3v) is 7.19. The van der Waals surface area contributed by atoms with Gasteiger partial charge in [-0.25, -0.2) is 0 Å². The van der Waals surface area contributed by atoms with Gasteiger partial charge in [-0.15, -0.1) is 0 Å². The van der Waals surface area contributed by atoms with Crippen molar-refractivity contribution in [3.63, 3.8) is 0 Å². The van der Waals surface area contributed by atoms with E-state index in [0.29, 0.717) is 48.8 Å². The summed E-state index contributed by atoms with van der Waals surface area (Å²) in [6.07, 6.45) is 1.65. The Bertz CT molecular complexity index is 1320. The normalized spacial score (nSPS) is 14.4. The SMILES string of the molecule is COc1cc(/C=C2\SC(=O)N(CCOc3ccccc3Cl)C2=O)cc(Br)c1OCc1ccc(Cl)cc1. The van der Waals surface area contributed by atoms with Crippen molar-refractivity contribution >= 4 is 68.1 Å². The van der Waals surface area contributed by atoms with Crippen molar-refractivity contribution in [2.75, 3.05) is 20.3 Å². The number of benzene rings is 3. The van der Waals surface area contributed by atoms with E-state index in [2.05, 4.69) is 15.9 Å². The minimum absolute atomic E-state index is 0.109. The van der Waals surface area contributed by atoms with Gasteiger partial charge in [0.2, 0.25) is 0 Å². The summed E-state index contributed by atoms with van der Waals surface area (Å²) in [5.74, 6) is 1.12. The maximum absolute atomic E-state index is 12.9. The van der Waals surface area contributed by atoms with Crippen LogP contribution in [0.25, 0.3) is 6.08 Å². The molecule has 0 saturated carbocycles. The predicted octanol–water partition coefficient (Wildman–Crippen LogP) is 7.46. The van der Waals surface area contributed by atoms with Gasteiger partial charge in [0.1, 0.15) is 19.0 Å². The lowest BCUT2D eigenvalue weighted by molar-refractivity contribution is -0.123. The summed E-state index contributed by atoms with van der Waals surface area (Å²) in [5, 5.41) is 0.758. The van der Waals surface area contributed by atoms with E-state index in [1.165, 1.54) is 7.11 Å². The van der Waals surface area contributed by atoms with Crippen LogP contribution in [-0.2, 0) is 11.4 Å². The minimum atomic E-state index is -0.383. The van der Waals surface area contributed by atoms with Crippen LogP contribution in [0.3, 0.4) is 0 Å². The second kappa shape index (κ2) is 12.1. The monoisotopic (exact) mass is 607 g/mol. The molecular weight excluding hydrogens is 589 g/mol. The van der Waals surface area contributed by atoms with E-state index in [-0.39, 0.29) is 24.3 Å². The van der Waals surface area contributed by atoms with Gasteiger partial charge in [0, 0.05) is 5.02 Å². The second-order valence-electron chi connectivity index (χ2n) is 7.56. The molecular formula is C26H20BrCl2NO5S. The topological polar surface area (TPSA) is 65.1 Å². The Labute approximate surface area is 231 Å². The summed E-state index contributed by atoms with van der Waals surface area (Å²) < 4.78 is 17.7. The molecule has 1 saturated heterocycles. The van der Waals surface area contributed by atoms with Crippen LogP contribution in [0.5, 0.6) is 17.2 Å². The molecule has 0 unspecified atom stereocenters. The van der Waals surface area contributed by atoms with Crippen LogP contribution in [0.4, 0.5) is 4.79 Å². The van der Waals surface area contributed by atoms with E-state index >= 15 is 0 Å². The Morgan fingerprint density at radius 3 is 2.47 bits per heavy atom.